The lowest BCUT2D eigenvalue weighted by atomic mass is 10.2. The normalized spacial score (nSPS) is 10.3. The summed E-state index contributed by atoms with van der Waals surface area (Å²) in [5.74, 6) is 0.630. The fraction of sp³-hybridized carbons (Fsp3) is 0.235. The summed E-state index contributed by atoms with van der Waals surface area (Å²) in [5.41, 5.74) is 0.910. The summed E-state index contributed by atoms with van der Waals surface area (Å²) in [5, 5.41) is 3.38. The molecule has 0 aromatic heterocycles. The first-order valence-corrected chi connectivity index (χ1v) is 7.88. The van der Waals surface area contributed by atoms with E-state index in [2.05, 4.69) is 5.32 Å². The van der Waals surface area contributed by atoms with Crippen molar-refractivity contribution >= 4 is 34.8 Å². The van der Waals surface area contributed by atoms with E-state index in [1.807, 2.05) is 13.0 Å². The molecule has 2 aromatic rings. The van der Waals surface area contributed by atoms with Crippen molar-refractivity contribution in [2.45, 2.75) is 13.3 Å². The molecule has 2 rings (SSSR count). The lowest BCUT2D eigenvalue weighted by Gasteiger charge is -2.12. The fourth-order valence-corrected chi connectivity index (χ4v) is 2.57. The summed E-state index contributed by atoms with van der Waals surface area (Å²) in [6.07, 6.45) is 0.836. The molecule has 0 spiro atoms. The topological polar surface area (TPSA) is 47.6 Å². The van der Waals surface area contributed by atoms with Gasteiger partial charge in [-0.2, -0.15) is 0 Å². The average molecular weight is 354 g/mol. The third-order valence-electron chi connectivity index (χ3n) is 3.07. The van der Waals surface area contributed by atoms with Crippen molar-refractivity contribution in [1.29, 1.82) is 0 Å². The van der Waals surface area contributed by atoms with Gasteiger partial charge in [0.1, 0.15) is 5.75 Å². The molecule has 0 heterocycles. The van der Waals surface area contributed by atoms with Gasteiger partial charge in [0.25, 0.3) is 5.91 Å². The third-order valence-corrected chi connectivity index (χ3v) is 3.63. The van der Waals surface area contributed by atoms with Crippen molar-refractivity contribution < 1.29 is 14.3 Å². The van der Waals surface area contributed by atoms with Crippen LogP contribution in [0.2, 0.25) is 10.0 Å². The first kappa shape index (κ1) is 17.4. The van der Waals surface area contributed by atoms with Crippen LogP contribution >= 0.6 is 23.2 Å². The Morgan fingerprint density at radius 1 is 1.17 bits per heavy atom. The van der Waals surface area contributed by atoms with E-state index in [-0.39, 0.29) is 5.91 Å². The molecule has 0 unspecified atom stereocenters. The van der Waals surface area contributed by atoms with E-state index >= 15 is 0 Å². The summed E-state index contributed by atoms with van der Waals surface area (Å²) >= 11 is 12.3. The van der Waals surface area contributed by atoms with Crippen molar-refractivity contribution in [2.75, 3.05) is 19.0 Å². The zero-order valence-corrected chi connectivity index (χ0v) is 14.4. The van der Waals surface area contributed by atoms with E-state index in [9.17, 15) is 4.79 Å². The maximum atomic E-state index is 12.4. The Bertz CT molecular complexity index is 681. The van der Waals surface area contributed by atoms with Gasteiger partial charge in [0.05, 0.1) is 29.4 Å². The van der Waals surface area contributed by atoms with Gasteiger partial charge in [-0.3, -0.25) is 4.79 Å². The van der Waals surface area contributed by atoms with Gasteiger partial charge in [-0.25, -0.2) is 0 Å². The van der Waals surface area contributed by atoms with Crippen LogP contribution in [0.4, 0.5) is 5.69 Å². The van der Waals surface area contributed by atoms with E-state index in [1.165, 1.54) is 12.1 Å². The standard InChI is InChI=1S/C17H17Cl2NO3/c1-3-8-23-16-12(18)9-11(10-13(16)19)17(21)20-14-6-4-5-7-15(14)22-2/h4-7,9-10H,3,8H2,1-2H3,(H,20,21). The van der Waals surface area contributed by atoms with Gasteiger partial charge in [0.15, 0.2) is 5.75 Å². The minimum Gasteiger partial charge on any atom is -0.495 e. The minimum atomic E-state index is -0.333. The van der Waals surface area contributed by atoms with E-state index in [0.717, 1.165) is 6.42 Å². The molecule has 0 fully saturated rings. The molecule has 0 aliphatic heterocycles. The predicted octanol–water partition coefficient (Wildman–Crippen LogP) is 5.04. The van der Waals surface area contributed by atoms with Gasteiger partial charge < -0.3 is 14.8 Å². The van der Waals surface area contributed by atoms with Gasteiger partial charge in [0.2, 0.25) is 0 Å². The summed E-state index contributed by atoms with van der Waals surface area (Å²) in [4.78, 5) is 12.4. The number of anilines is 1. The van der Waals surface area contributed by atoms with Crippen LogP contribution in [0.25, 0.3) is 0 Å². The Balaban J connectivity index is 2.23. The second-order valence-electron chi connectivity index (χ2n) is 4.77. The first-order chi connectivity index (χ1) is 11.1. The highest BCUT2D eigenvalue weighted by atomic mass is 35.5. The van der Waals surface area contributed by atoms with Crippen molar-refractivity contribution in [3.05, 3.63) is 52.0 Å². The zero-order chi connectivity index (χ0) is 16.8. The van der Waals surface area contributed by atoms with Gasteiger partial charge in [-0.15, -0.1) is 0 Å². The lowest BCUT2D eigenvalue weighted by molar-refractivity contribution is 0.102. The van der Waals surface area contributed by atoms with E-state index in [1.54, 1.807) is 25.3 Å². The molecule has 0 saturated heterocycles. The fourth-order valence-electron chi connectivity index (χ4n) is 1.98. The minimum absolute atomic E-state index is 0.302. The van der Waals surface area contributed by atoms with Crippen LogP contribution in [0, 0.1) is 0 Å². The number of halogens is 2. The quantitative estimate of drug-likeness (QED) is 0.790. The molecule has 1 amide bonds. The molecule has 0 atom stereocenters. The SMILES string of the molecule is CCCOc1c(Cl)cc(C(=O)Nc2ccccc2OC)cc1Cl. The maximum absolute atomic E-state index is 12.4. The van der Waals surface area contributed by atoms with Crippen LogP contribution in [-0.2, 0) is 0 Å². The number of ether oxygens (including phenoxy) is 2. The van der Waals surface area contributed by atoms with Gasteiger partial charge >= 0.3 is 0 Å². The number of para-hydroxylation sites is 2. The zero-order valence-electron chi connectivity index (χ0n) is 12.9. The number of hydrogen-bond acceptors (Lipinski definition) is 3. The lowest BCUT2D eigenvalue weighted by Crippen LogP contribution is -2.13. The second kappa shape index (κ2) is 8.09. The highest BCUT2D eigenvalue weighted by Crippen LogP contribution is 2.35. The summed E-state index contributed by atoms with van der Waals surface area (Å²) in [6.45, 7) is 2.49. The molecular formula is C17H17Cl2NO3. The first-order valence-electron chi connectivity index (χ1n) is 7.13. The number of carbonyl (C=O) groups excluding carboxylic acids is 1. The van der Waals surface area contributed by atoms with Crippen LogP contribution in [0.5, 0.6) is 11.5 Å². The van der Waals surface area contributed by atoms with E-state index < -0.39 is 0 Å². The molecule has 6 heteroatoms. The van der Waals surface area contributed by atoms with Gasteiger partial charge in [-0.1, -0.05) is 42.3 Å². The summed E-state index contributed by atoms with van der Waals surface area (Å²) in [6, 6.07) is 10.2. The molecule has 122 valence electrons. The van der Waals surface area contributed by atoms with E-state index in [4.69, 9.17) is 32.7 Å². The number of methoxy groups -OCH3 is 1. The molecule has 0 aliphatic rings. The highest BCUT2D eigenvalue weighted by Gasteiger charge is 2.15. The monoisotopic (exact) mass is 353 g/mol. The molecular weight excluding hydrogens is 337 g/mol. The molecule has 4 nitrogen and oxygen atoms in total. The third kappa shape index (κ3) is 4.30. The van der Waals surface area contributed by atoms with Gasteiger partial charge in [0, 0.05) is 5.56 Å². The average Bonchev–Trinajstić information content (AvgIpc) is 2.54. The number of carbonyl (C=O) groups is 1. The molecule has 1 N–H and O–H groups in total. The largest absolute Gasteiger partial charge is 0.495 e. The number of hydrogen-bond donors (Lipinski definition) is 1. The molecule has 2 aromatic carbocycles. The van der Waals surface area contributed by atoms with Gasteiger partial charge in [-0.05, 0) is 30.7 Å². The maximum Gasteiger partial charge on any atom is 0.255 e. The van der Waals surface area contributed by atoms with Crippen LogP contribution in [0.1, 0.15) is 23.7 Å². The predicted molar refractivity (Wildman–Crippen MR) is 93.2 cm³/mol. The van der Waals surface area contributed by atoms with Crippen molar-refractivity contribution in [3.8, 4) is 11.5 Å². The van der Waals surface area contributed by atoms with Crippen LogP contribution in [0.3, 0.4) is 0 Å². The number of benzene rings is 2. The highest BCUT2D eigenvalue weighted by molar-refractivity contribution is 6.37. The van der Waals surface area contributed by atoms with Crippen molar-refractivity contribution in [3.63, 3.8) is 0 Å². The Kier molecular flexibility index (Phi) is 6.13. The Hall–Kier alpha value is -1.91. The molecule has 0 saturated carbocycles. The number of rotatable bonds is 6. The Morgan fingerprint density at radius 2 is 1.83 bits per heavy atom. The molecule has 23 heavy (non-hydrogen) atoms. The van der Waals surface area contributed by atoms with Crippen LogP contribution in [0.15, 0.2) is 36.4 Å². The second-order valence-corrected chi connectivity index (χ2v) is 5.59. The Labute approximate surface area is 145 Å². The van der Waals surface area contributed by atoms with Crippen LogP contribution in [-0.4, -0.2) is 19.6 Å². The number of amides is 1. The molecule has 0 bridgehead atoms. The smallest absolute Gasteiger partial charge is 0.255 e. The Morgan fingerprint density at radius 3 is 2.43 bits per heavy atom. The summed E-state index contributed by atoms with van der Waals surface area (Å²) in [7, 11) is 1.54. The van der Waals surface area contributed by atoms with E-state index in [0.29, 0.717) is 39.4 Å². The summed E-state index contributed by atoms with van der Waals surface area (Å²) < 4.78 is 10.7. The molecule has 0 radical (unpaired) electrons. The van der Waals surface area contributed by atoms with Crippen molar-refractivity contribution in [2.24, 2.45) is 0 Å². The van der Waals surface area contributed by atoms with Crippen molar-refractivity contribution in [1.82, 2.24) is 0 Å². The van der Waals surface area contributed by atoms with Crippen LogP contribution < -0.4 is 14.8 Å². The number of nitrogens with one attached hydrogen (secondary N) is 1. The molecule has 0 aliphatic carbocycles.